The Kier molecular flexibility index (Phi) is 21.6. The van der Waals surface area contributed by atoms with E-state index in [9.17, 15) is 54.0 Å². The molecule has 0 aliphatic rings. The molecule has 11 N–H and O–H groups in total. The summed E-state index contributed by atoms with van der Waals surface area (Å²) >= 11 is 0. The Morgan fingerprint density at radius 1 is 0.672 bits per heavy atom. The van der Waals surface area contributed by atoms with Gasteiger partial charge in [-0.05, 0) is 68.7 Å². The number of nitrogens with two attached hydrogens (primary N) is 1. The van der Waals surface area contributed by atoms with Crippen LogP contribution in [0, 0.1) is 0 Å². The van der Waals surface area contributed by atoms with E-state index < -0.39 is 49.0 Å². The number of hydrogen-bond donors (Lipinski definition) is 10. The fraction of sp³-hybridized carbons (Fsp3) is 0.526. The number of aliphatic carboxylic acids is 4. The van der Waals surface area contributed by atoms with Crippen LogP contribution in [0.15, 0.2) is 30.3 Å². The molecule has 0 saturated heterocycles. The molecule has 320 valence electrons. The molecule has 1 heterocycles. The molecular weight excluding hydrogens is 762 g/mol. The van der Waals surface area contributed by atoms with Crippen molar-refractivity contribution in [2.75, 3.05) is 39.3 Å². The summed E-state index contributed by atoms with van der Waals surface area (Å²) in [5.74, 6) is -5.14. The van der Waals surface area contributed by atoms with Crippen molar-refractivity contribution in [1.29, 1.82) is 0 Å². The van der Waals surface area contributed by atoms with Gasteiger partial charge in [-0.2, -0.15) is 0 Å². The van der Waals surface area contributed by atoms with Gasteiger partial charge in [0.1, 0.15) is 17.5 Å². The lowest BCUT2D eigenvalue weighted by molar-refractivity contribution is -0.140. The number of carboxylic acid groups (broad SMARTS) is 4. The number of benzene rings is 1. The molecule has 1 atom stereocenters. The zero-order valence-corrected chi connectivity index (χ0v) is 32.4. The van der Waals surface area contributed by atoms with Crippen LogP contribution in [-0.2, 0) is 54.7 Å². The number of rotatable bonds is 30. The van der Waals surface area contributed by atoms with Crippen molar-refractivity contribution in [2.45, 2.75) is 89.8 Å². The summed E-state index contributed by atoms with van der Waals surface area (Å²) < 4.78 is 0. The molecule has 1 aromatic carbocycles. The summed E-state index contributed by atoms with van der Waals surface area (Å²) in [6.45, 7) is -0.122. The van der Waals surface area contributed by atoms with Gasteiger partial charge in [-0.25, -0.2) is 9.59 Å². The van der Waals surface area contributed by atoms with Gasteiger partial charge in [-0.15, -0.1) is 0 Å². The van der Waals surface area contributed by atoms with E-state index in [1.165, 1.54) is 21.9 Å². The lowest BCUT2D eigenvalue weighted by Crippen LogP contribution is -2.43. The smallest absolute Gasteiger partial charge is 0.326 e. The van der Waals surface area contributed by atoms with Gasteiger partial charge in [0.05, 0.1) is 18.8 Å². The summed E-state index contributed by atoms with van der Waals surface area (Å²) in [6.07, 6.45) is 3.85. The number of primary amides is 1. The number of nitrogens with one attached hydrogen (secondary N) is 3. The molecule has 4 amide bonds. The molecule has 0 aliphatic carbocycles. The maximum absolute atomic E-state index is 12.5. The second kappa shape index (κ2) is 26.0. The number of aromatic nitrogens is 1. The molecule has 58 heavy (non-hydrogen) atoms. The van der Waals surface area contributed by atoms with E-state index in [2.05, 4.69) is 20.9 Å². The molecule has 0 saturated carbocycles. The Labute approximate surface area is 335 Å². The number of aromatic hydroxyl groups is 2. The maximum atomic E-state index is 12.5. The van der Waals surface area contributed by atoms with Crippen molar-refractivity contribution in [3.05, 3.63) is 52.8 Å². The molecule has 0 fully saturated rings. The first-order chi connectivity index (χ1) is 27.5. The zero-order valence-electron chi connectivity index (χ0n) is 32.4. The average Bonchev–Trinajstić information content (AvgIpc) is 3.14. The van der Waals surface area contributed by atoms with Crippen LogP contribution in [0.3, 0.4) is 0 Å². The largest absolute Gasteiger partial charge is 0.508 e. The lowest BCUT2D eigenvalue weighted by atomic mass is 10.0. The van der Waals surface area contributed by atoms with Gasteiger partial charge < -0.3 is 52.3 Å². The summed E-state index contributed by atoms with van der Waals surface area (Å²) in [5, 5.41) is 65.9. The van der Waals surface area contributed by atoms with E-state index in [1.54, 1.807) is 18.2 Å². The van der Waals surface area contributed by atoms with Crippen LogP contribution < -0.4 is 21.7 Å². The highest BCUT2D eigenvalue weighted by atomic mass is 16.4. The summed E-state index contributed by atoms with van der Waals surface area (Å²) in [4.78, 5) is 88.4. The monoisotopic (exact) mass is 817 g/mol. The van der Waals surface area contributed by atoms with Crippen molar-refractivity contribution < 1.29 is 64.2 Å². The minimum atomic E-state index is -1.18. The van der Waals surface area contributed by atoms with Gasteiger partial charge in [-0.1, -0.05) is 18.6 Å². The normalized spacial score (nSPS) is 11.6. The van der Waals surface area contributed by atoms with Gasteiger partial charge >= 0.3 is 29.9 Å². The number of carboxylic acids is 4. The Bertz CT molecular complexity index is 1710. The summed E-state index contributed by atoms with van der Waals surface area (Å²) in [5.41, 5.74) is 6.65. The SMILES string of the molecule is NC(=O)N[C@@H](CCCCNC(=O)CCCCCNC(=O)CCc1ccc(O)c(CN(CCN(CC(=O)O)Cc2cc(CCC(=O)O)ccc2O)CC(=O)O)n1)C(=O)O. The summed E-state index contributed by atoms with van der Waals surface area (Å²) in [6, 6.07) is 5.56. The minimum Gasteiger partial charge on any atom is -0.508 e. The maximum Gasteiger partial charge on any atom is 0.326 e. The highest BCUT2D eigenvalue weighted by Crippen LogP contribution is 2.22. The van der Waals surface area contributed by atoms with Gasteiger partial charge in [-0.3, -0.25) is 38.8 Å². The molecule has 1 aromatic heterocycles. The number of aryl methyl sites for hydroxylation is 2. The first-order valence-corrected chi connectivity index (χ1v) is 18.9. The lowest BCUT2D eigenvalue weighted by Gasteiger charge is -2.26. The van der Waals surface area contributed by atoms with E-state index in [1.807, 2.05) is 0 Å². The Balaban J connectivity index is 1.81. The quantitative estimate of drug-likeness (QED) is 0.0492. The molecule has 0 radical (unpaired) electrons. The number of phenols is 1. The topological polar surface area (TPSA) is 322 Å². The fourth-order valence-electron chi connectivity index (χ4n) is 5.88. The molecule has 2 aromatic rings. The zero-order chi connectivity index (χ0) is 43.0. The van der Waals surface area contributed by atoms with E-state index in [4.69, 9.17) is 15.9 Å². The van der Waals surface area contributed by atoms with Crippen LogP contribution >= 0.6 is 0 Å². The Morgan fingerprint density at radius 3 is 1.88 bits per heavy atom. The number of carbonyl (C=O) groups is 7. The number of phenolic OH excluding ortho intramolecular Hbond substituents is 1. The third-order valence-electron chi connectivity index (χ3n) is 8.86. The fourth-order valence-corrected chi connectivity index (χ4v) is 5.88. The standard InChI is InChI=1S/C38H55N7O13/c39-38(58)43-28(37(56)57)6-3-5-17-40-32(48)7-2-1-4-16-41-33(49)14-11-27-10-13-31(47)29(42-27)22-45(24-36(54)55)19-18-44(23-35(52)53)21-26-20-25(8-12-30(26)46)9-15-34(50)51/h8,10,12-13,20,28,46-47H,1-7,9,11,14-19,21-24H2,(H,40,48)(H,41,49)(H,50,51)(H,52,53)(H,54,55)(H,56,57)(H3,39,43,58)/t28-/m0/s1. The van der Waals surface area contributed by atoms with E-state index >= 15 is 0 Å². The molecule has 0 aliphatic heterocycles. The Morgan fingerprint density at radius 2 is 1.28 bits per heavy atom. The van der Waals surface area contributed by atoms with Crippen molar-refractivity contribution in [3.8, 4) is 11.5 Å². The van der Waals surface area contributed by atoms with Crippen LogP contribution in [0.5, 0.6) is 11.5 Å². The van der Waals surface area contributed by atoms with Gasteiger partial charge in [0.25, 0.3) is 0 Å². The second-order valence-corrected chi connectivity index (χ2v) is 13.7. The second-order valence-electron chi connectivity index (χ2n) is 13.7. The van der Waals surface area contributed by atoms with Crippen LogP contribution in [0.4, 0.5) is 4.79 Å². The number of unbranched alkanes of at least 4 members (excludes halogenated alkanes) is 3. The number of nitrogens with zero attached hydrogens (tertiary/aromatic N) is 3. The molecule has 20 heteroatoms. The number of carbonyl (C=O) groups excluding carboxylic acids is 3. The van der Waals surface area contributed by atoms with Crippen molar-refractivity contribution in [2.24, 2.45) is 5.73 Å². The molecular formula is C38H55N7O13. The molecule has 0 spiro atoms. The van der Waals surface area contributed by atoms with Crippen LogP contribution in [0.1, 0.15) is 80.3 Å². The molecule has 20 nitrogen and oxygen atoms in total. The van der Waals surface area contributed by atoms with E-state index in [0.717, 1.165) is 0 Å². The third-order valence-corrected chi connectivity index (χ3v) is 8.86. The van der Waals surface area contributed by atoms with Crippen molar-refractivity contribution in [1.82, 2.24) is 30.7 Å². The number of urea groups is 1. The predicted octanol–water partition coefficient (Wildman–Crippen LogP) is 1.00. The third kappa shape index (κ3) is 20.8. The first-order valence-electron chi connectivity index (χ1n) is 18.9. The minimum absolute atomic E-state index is 0.0135. The number of pyridine rings is 1. The number of amides is 4. The summed E-state index contributed by atoms with van der Waals surface area (Å²) in [7, 11) is 0. The number of hydrogen-bond acceptors (Lipinski definition) is 12. The molecule has 2 rings (SSSR count). The Hall–Kier alpha value is -6.02. The first kappa shape index (κ1) is 48.1. The van der Waals surface area contributed by atoms with Crippen LogP contribution in [0.2, 0.25) is 0 Å². The van der Waals surface area contributed by atoms with E-state index in [-0.39, 0.29) is 87.3 Å². The van der Waals surface area contributed by atoms with Crippen molar-refractivity contribution >= 4 is 41.7 Å². The molecule has 0 unspecified atom stereocenters. The van der Waals surface area contributed by atoms with Crippen LogP contribution in [0.25, 0.3) is 0 Å². The van der Waals surface area contributed by atoms with Crippen molar-refractivity contribution in [3.63, 3.8) is 0 Å². The average molecular weight is 818 g/mol. The van der Waals surface area contributed by atoms with E-state index in [0.29, 0.717) is 68.4 Å². The van der Waals surface area contributed by atoms with Gasteiger partial charge in [0.2, 0.25) is 11.8 Å². The highest BCUT2D eigenvalue weighted by molar-refractivity contribution is 5.81. The van der Waals surface area contributed by atoms with Gasteiger partial charge in [0, 0.05) is 69.8 Å². The highest BCUT2D eigenvalue weighted by Gasteiger charge is 2.20. The molecule has 0 bridgehead atoms. The van der Waals surface area contributed by atoms with Gasteiger partial charge in [0.15, 0.2) is 0 Å². The predicted molar refractivity (Wildman–Crippen MR) is 207 cm³/mol. The van der Waals surface area contributed by atoms with Crippen LogP contribution in [-0.4, -0.2) is 132 Å².